The van der Waals surface area contributed by atoms with Gasteiger partial charge < -0.3 is 20.3 Å². The van der Waals surface area contributed by atoms with Crippen LogP contribution in [0.4, 0.5) is 5.69 Å². The fraction of sp³-hybridized carbons (Fsp3) is 0.467. The Labute approximate surface area is 137 Å². The number of halogens is 1. The lowest BCUT2D eigenvalue weighted by atomic mass is 10.2. The van der Waals surface area contributed by atoms with Crippen molar-refractivity contribution in [1.29, 1.82) is 0 Å². The number of carbonyl (C=O) groups excluding carboxylic acids is 2. The van der Waals surface area contributed by atoms with Gasteiger partial charge in [0.15, 0.2) is 6.61 Å². The molecule has 7 heteroatoms. The lowest BCUT2D eigenvalue weighted by Gasteiger charge is -2.12. The molecule has 2 amide bonds. The maximum atomic E-state index is 11.7. The van der Waals surface area contributed by atoms with Crippen LogP contribution in [0.2, 0.25) is 0 Å². The van der Waals surface area contributed by atoms with Crippen LogP contribution >= 0.6 is 12.4 Å². The Balaban J connectivity index is 0.00000441. The fourth-order valence-electron chi connectivity index (χ4n) is 1.59. The summed E-state index contributed by atoms with van der Waals surface area (Å²) in [5.41, 5.74) is 0.666. The summed E-state index contributed by atoms with van der Waals surface area (Å²) in [6.07, 6.45) is 1.25. The third-order valence-corrected chi connectivity index (χ3v) is 2.81. The van der Waals surface area contributed by atoms with E-state index in [9.17, 15) is 9.59 Å². The normalized spacial score (nSPS) is 9.59. The first kappa shape index (κ1) is 20.2. The van der Waals surface area contributed by atoms with Crippen molar-refractivity contribution < 1.29 is 14.3 Å². The van der Waals surface area contributed by atoms with Crippen LogP contribution in [0.25, 0.3) is 0 Å². The third-order valence-electron chi connectivity index (χ3n) is 2.81. The van der Waals surface area contributed by atoms with Gasteiger partial charge in [-0.3, -0.25) is 9.59 Å². The maximum Gasteiger partial charge on any atom is 0.259 e. The minimum absolute atomic E-state index is 0. The molecule has 0 heterocycles. The first-order chi connectivity index (χ1) is 10.0. The zero-order valence-corrected chi connectivity index (χ0v) is 14.0. The second-order valence-electron chi connectivity index (χ2n) is 4.86. The third kappa shape index (κ3) is 7.85. The minimum Gasteiger partial charge on any atom is -0.484 e. The number of likely N-dealkylation sites (N-methyl/N-ethyl adjacent to an activating group) is 1. The van der Waals surface area contributed by atoms with Crippen LogP contribution in [0.1, 0.15) is 12.8 Å². The van der Waals surface area contributed by atoms with Gasteiger partial charge in [-0.15, -0.1) is 12.4 Å². The number of hydrogen-bond acceptors (Lipinski definition) is 4. The number of rotatable bonds is 8. The Bertz CT molecular complexity index is 481. The highest BCUT2D eigenvalue weighted by atomic mass is 35.5. The zero-order chi connectivity index (χ0) is 15.7. The fourth-order valence-corrected chi connectivity index (χ4v) is 1.59. The lowest BCUT2D eigenvalue weighted by Crippen LogP contribution is -2.27. The summed E-state index contributed by atoms with van der Waals surface area (Å²) in [6, 6.07) is 7.02. The molecule has 124 valence electrons. The molecule has 0 fully saturated rings. The van der Waals surface area contributed by atoms with Crippen molar-refractivity contribution in [3.63, 3.8) is 0 Å². The van der Waals surface area contributed by atoms with Gasteiger partial charge in [-0.05, 0) is 32.1 Å². The molecule has 0 aromatic heterocycles. The molecule has 1 rings (SSSR count). The Morgan fingerprint density at radius 3 is 2.64 bits per heavy atom. The summed E-state index contributed by atoms with van der Waals surface area (Å²) in [4.78, 5) is 24.6. The van der Waals surface area contributed by atoms with E-state index in [1.165, 1.54) is 4.90 Å². The topological polar surface area (TPSA) is 70.7 Å². The number of nitrogens with one attached hydrogen (secondary N) is 2. The summed E-state index contributed by atoms with van der Waals surface area (Å²) < 4.78 is 5.40. The number of hydrogen-bond donors (Lipinski definition) is 2. The van der Waals surface area contributed by atoms with Gasteiger partial charge in [0, 0.05) is 32.3 Å². The first-order valence-electron chi connectivity index (χ1n) is 6.90. The standard InChI is InChI=1S/C15H23N3O3.ClH/c1-16-9-5-8-14(19)17-12-6-4-7-13(10-12)21-11-15(20)18(2)3;/h4,6-7,10,16H,5,8-9,11H2,1-3H3,(H,17,19);1H. The van der Waals surface area contributed by atoms with E-state index in [0.29, 0.717) is 17.9 Å². The zero-order valence-electron chi connectivity index (χ0n) is 13.2. The molecule has 0 bridgehead atoms. The van der Waals surface area contributed by atoms with Crippen molar-refractivity contribution in [1.82, 2.24) is 10.2 Å². The van der Waals surface area contributed by atoms with E-state index in [1.54, 1.807) is 38.4 Å². The second-order valence-corrected chi connectivity index (χ2v) is 4.86. The van der Waals surface area contributed by atoms with Crippen LogP contribution in [-0.2, 0) is 9.59 Å². The van der Waals surface area contributed by atoms with Gasteiger partial charge in [0.2, 0.25) is 5.91 Å². The number of benzene rings is 1. The lowest BCUT2D eigenvalue weighted by molar-refractivity contribution is -0.130. The van der Waals surface area contributed by atoms with Gasteiger partial charge in [0.25, 0.3) is 5.91 Å². The van der Waals surface area contributed by atoms with E-state index in [1.807, 2.05) is 7.05 Å². The predicted octanol–water partition coefficient (Wildman–Crippen LogP) is 1.51. The van der Waals surface area contributed by atoms with Gasteiger partial charge in [0.1, 0.15) is 5.75 Å². The number of ether oxygens (including phenoxy) is 1. The van der Waals surface area contributed by atoms with Crippen molar-refractivity contribution in [2.24, 2.45) is 0 Å². The van der Waals surface area contributed by atoms with Gasteiger partial charge in [-0.25, -0.2) is 0 Å². The molecule has 0 saturated carbocycles. The molecule has 6 nitrogen and oxygen atoms in total. The van der Waals surface area contributed by atoms with Gasteiger partial charge in [-0.2, -0.15) is 0 Å². The maximum absolute atomic E-state index is 11.7. The van der Waals surface area contributed by atoms with E-state index >= 15 is 0 Å². The SMILES string of the molecule is CNCCCC(=O)Nc1cccc(OCC(=O)N(C)C)c1.Cl. The summed E-state index contributed by atoms with van der Waals surface area (Å²) in [6.45, 7) is 0.787. The molecule has 0 spiro atoms. The summed E-state index contributed by atoms with van der Waals surface area (Å²) in [7, 11) is 5.20. The van der Waals surface area contributed by atoms with Crippen LogP contribution < -0.4 is 15.4 Å². The largest absolute Gasteiger partial charge is 0.484 e. The van der Waals surface area contributed by atoms with Gasteiger partial charge in [-0.1, -0.05) is 6.07 Å². The van der Waals surface area contributed by atoms with E-state index in [2.05, 4.69) is 10.6 Å². The Hall–Kier alpha value is -1.79. The Morgan fingerprint density at radius 2 is 2.00 bits per heavy atom. The molecule has 0 radical (unpaired) electrons. The molecule has 0 unspecified atom stereocenters. The Kier molecular flexibility index (Phi) is 9.98. The monoisotopic (exact) mass is 329 g/mol. The van der Waals surface area contributed by atoms with Crippen molar-refractivity contribution in [2.75, 3.05) is 39.6 Å². The molecule has 2 N–H and O–H groups in total. The summed E-state index contributed by atoms with van der Waals surface area (Å²) >= 11 is 0. The van der Waals surface area contributed by atoms with E-state index in [0.717, 1.165) is 13.0 Å². The molecule has 0 atom stereocenters. The summed E-state index contributed by atoms with van der Waals surface area (Å²) in [5, 5.41) is 5.81. The molecular weight excluding hydrogens is 306 g/mol. The van der Waals surface area contributed by atoms with Crippen LogP contribution in [0, 0.1) is 0 Å². The predicted molar refractivity (Wildman–Crippen MR) is 89.7 cm³/mol. The number of carbonyl (C=O) groups is 2. The van der Waals surface area contributed by atoms with E-state index in [4.69, 9.17) is 4.74 Å². The van der Waals surface area contributed by atoms with Gasteiger partial charge >= 0.3 is 0 Å². The summed E-state index contributed by atoms with van der Waals surface area (Å²) in [5.74, 6) is 0.404. The van der Waals surface area contributed by atoms with Crippen molar-refractivity contribution in [3.05, 3.63) is 24.3 Å². The number of amides is 2. The molecule has 0 aliphatic heterocycles. The highest BCUT2D eigenvalue weighted by molar-refractivity contribution is 5.90. The molecule has 0 saturated heterocycles. The first-order valence-corrected chi connectivity index (χ1v) is 6.90. The van der Waals surface area contributed by atoms with Crippen molar-refractivity contribution in [2.45, 2.75) is 12.8 Å². The number of anilines is 1. The molecule has 0 aliphatic rings. The van der Waals surface area contributed by atoms with Crippen molar-refractivity contribution >= 4 is 29.9 Å². The minimum atomic E-state index is -0.114. The molecule has 0 aliphatic carbocycles. The Morgan fingerprint density at radius 1 is 1.27 bits per heavy atom. The van der Waals surface area contributed by atoms with Crippen LogP contribution in [0.15, 0.2) is 24.3 Å². The second kappa shape index (κ2) is 10.9. The van der Waals surface area contributed by atoms with Crippen molar-refractivity contribution in [3.8, 4) is 5.75 Å². The molecular formula is C15H24ClN3O3. The average molecular weight is 330 g/mol. The highest BCUT2D eigenvalue weighted by Crippen LogP contribution is 2.17. The molecule has 22 heavy (non-hydrogen) atoms. The van der Waals surface area contributed by atoms with E-state index in [-0.39, 0.29) is 30.8 Å². The highest BCUT2D eigenvalue weighted by Gasteiger charge is 2.06. The van der Waals surface area contributed by atoms with E-state index < -0.39 is 0 Å². The molecule has 1 aromatic carbocycles. The van der Waals surface area contributed by atoms with Gasteiger partial charge in [0.05, 0.1) is 0 Å². The number of nitrogens with zero attached hydrogens (tertiary/aromatic N) is 1. The van der Waals surface area contributed by atoms with Crippen LogP contribution in [0.5, 0.6) is 5.75 Å². The van der Waals surface area contributed by atoms with Crippen LogP contribution in [-0.4, -0.2) is 51.0 Å². The average Bonchev–Trinajstić information content (AvgIpc) is 2.45. The van der Waals surface area contributed by atoms with Crippen LogP contribution in [0.3, 0.4) is 0 Å². The smallest absolute Gasteiger partial charge is 0.259 e. The quantitative estimate of drug-likeness (QED) is 0.709. The molecule has 1 aromatic rings.